The Morgan fingerprint density at radius 1 is 1.31 bits per heavy atom. The van der Waals surface area contributed by atoms with E-state index in [1.807, 2.05) is 18.2 Å². The van der Waals surface area contributed by atoms with Crippen LogP contribution in [0.2, 0.25) is 0 Å². The van der Waals surface area contributed by atoms with Crippen LogP contribution in [0, 0.1) is 0 Å². The number of rotatable bonds is 0. The van der Waals surface area contributed by atoms with E-state index in [2.05, 4.69) is 24.9 Å². The molecular formula is C10H12N2S. The van der Waals surface area contributed by atoms with E-state index in [-0.39, 0.29) is 4.87 Å². The summed E-state index contributed by atoms with van der Waals surface area (Å²) in [4.78, 5) is 5.51. The Labute approximate surface area is 82.2 Å². The normalized spacial score (nSPS) is 19.1. The van der Waals surface area contributed by atoms with Gasteiger partial charge in [-0.1, -0.05) is 30.0 Å². The summed E-state index contributed by atoms with van der Waals surface area (Å²) < 4.78 is 0. The van der Waals surface area contributed by atoms with Crippen molar-refractivity contribution in [1.82, 2.24) is 0 Å². The molecule has 1 aliphatic heterocycles. The van der Waals surface area contributed by atoms with E-state index in [4.69, 9.17) is 5.73 Å². The molecule has 1 aliphatic rings. The Balaban J connectivity index is 2.55. The van der Waals surface area contributed by atoms with E-state index in [9.17, 15) is 0 Å². The minimum absolute atomic E-state index is 0.127. The molecule has 3 heteroatoms. The summed E-state index contributed by atoms with van der Waals surface area (Å²) in [6.45, 7) is 4.14. The number of amidine groups is 1. The molecule has 2 N–H and O–H groups in total. The molecule has 1 aromatic rings. The van der Waals surface area contributed by atoms with Crippen molar-refractivity contribution >= 4 is 17.6 Å². The molecule has 1 heterocycles. The SMILES string of the molecule is CC1(C)N=C(N)c2ccccc2S1. The Hall–Kier alpha value is -0.960. The molecule has 0 aromatic heterocycles. The number of fused-ring (bicyclic) bond motifs is 1. The Morgan fingerprint density at radius 2 is 2.00 bits per heavy atom. The average molecular weight is 192 g/mol. The van der Waals surface area contributed by atoms with Crippen molar-refractivity contribution in [2.24, 2.45) is 10.7 Å². The Kier molecular flexibility index (Phi) is 1.84. The van der Waals surface area contributed by atoms with Crippen LogP contribution in [-0.4, -0.2) is 10.7 Å². The summed E-state index contributed by atoms with van der Waals surface area (Å²) in [6, 6.07) is 8.11. The van der Waals surface area contributed by atoms with Crippen LogP contribution in [0.1, 0.15) is 19.4 Å². The van der Waals surface area contributed by atoms with E-state index in [0.717, 1.165) is 5.56 Å². The first-order chi connectivity index (χ1) is 6.08. The fraction of sp³-hybridized carbons (Fsp3) is 0.300. The zero-order valence-electron chi connectivity index (χ0n) is 7.74. The number of hydrogen-bond acceptors (Lipinski definition) is 3. The lowest BCUT2D eigenvalue weighted by Crippen LogP contribution is -2.26. The lowest BCUT2D eigenvalue weighted by Gasteiger charge is -2.26. The van der Waals surface area contributed by atoms with Gasteiger partial charge in [0, 0.05) is 10.5 Å². The fourth-order valence-corrected chi connectivity index (χ4v) is 2.52. The van der Waals surface area contributed by atoms with Gasteiger partial charge in [0.15, 0.2) is 0 Å². The molecule has 0 fully saturated rings. The van der Waals surface area contributed by atoms with Gasteiger partial charge in [-0.2, -0.15) is 0 Å². The molecule has 0 aliphatic carbocycles. The highest BCUT2D eigenvalue weighted by atomic mass is 32.2. The van der Waals surface area contributed by atoms with Gasteiger partial charge in [-0.05, 0) is 19.9 Å². The van der Waals surface area contributed by atoms with Gasteiger partial charge < -0.3 is 5.73 Å². The third kappa shape index (κ3) is 1.56. The highest BCUT2D eigenvalue weighted by Gasteiger charge is 2.25. The molecule has 1 aromatic carbocycles. The van der Waals surface area contributed by atoms with E-state index < -0.39 is 0 Å². The van der Waals surface area contributed by atoms with Gasteiger partial charge >= 0.3 is 0 Å². The molecule has 2 rings (SSSR count). The van der Waals surface area contributed by atoms with E-state index in [0.29, 0.717) is 5.84 Å². The third-order valence-electron chi connectivity index (χ3n) is 1.91. The average Bonchev–Trinajstić information content (AvgIpc) is 2.02. The maximum Gasteiger partial charge on any atom is 0.128 e. The van der Waals surface area contributed by atoms with Crippen molar-refractivity contribution in [2.45, 2.75) is 23.6 Å². The first-order valence-electron chi connectivity index (χ1n) is 4.22. The molecule has 68 valence electrons. The van der Waals surface area contributed by atoms with Gasteiger partial charge in [-0.25, -0.2) is 0 Å². The van der Waals surface area contributed by atoms with Crippen molar-refractivity contribution in [2.75, 3.05) is 0 Å². The largest absolute Gasteiger partial charge is 0.383 e. The number of benzene rings is 1. The molecule has 13 heavy (non-hydrogen) atoms. The number of nitrogens with zero attached hydrogens (tertiary/aromatic N) is 1. The molecule has 0 atom stereocenters. The summed E-state index contributed by atoms with van der Waals surface area (Å²) in [5, 5.41) is 0. The predicted octanol–water partition coefficient (Wildman–Crippen LogP) is 2.23. The number of thioether (sulfide) groups is 1. The topological polar surface area (TPSA) is 38.4 Å². The van der Waals surface area contributed by atoms with Crippen molar-refractivity contribution < 1.29 is 0 Å². The number of nitrogens with two attached hydrogens (primary N) is 1. The van der Waals surface area contributed by atoms with Crippen LogP contribution in [0.15, 0.2) is 34.2 Å². The van der Waals surface area contributed by atoms with Gasteiger partial charge in [0.1, 0.15) is 10.7 Å². The standard InChI is InChI=1S/C10H12N2S/c1-10(2)12-9(11)7-5-3-4-6-8(7)13-10/h3-6H,1-2H3,(H2,11,12). The van der Waals surface area contributed by atoms with Crippen molar-refractivity contribution in [3.05, 3.63) is 29.8 Å². The van der Waals surface area contributed by atoms with Crippen LogP contribution >= 0.6 is 11.8 Å². The second kappa shape index (κ2) is 2.77. The van der Waals surface area contributed by atoms with Crippen LogP contribution in [0.4, 0.5) is 0 Å². The highest BCUT2D eigenvalue weighted by molar-refractivity contribution is 8.00. The van der Waals surface area contributed by atoms with Gasteiger partial charge in [-0.3, -0.25) is 4.99 Å². The summed E-state index contributed by atoms with van der Waals surface area (Å²) >= 11 is 1.75. The molecule has 0 amide bonds. The van der Waals surface area contributed by atoms with Crippen molar-refractivity contribution in [1.29, 1.82) is 0 Å². The van der Waals surface area contributed by atoms with Gasteiger partial charge in [0.25, 0.3) is 0 Å². The molecule has 0 saturated heterocycles. The van der Waals surface area contributed by atoms with E-state index in [1.165, 1.54) is 4.90 Å². The monoisotopic (exact) mass is 192 g/mol. The third-order valence-corrected chi connectivity index (χ3v) is 3.08. The number of hydrogen-bond donors (Lipinski definition) is 1. The number of aliphatic imine (C=N–C) groups is 1. The van der Waals surface area contributed by atoms with Crippen LogP contribution in [0.5, 0.6) is 0 Å². The maximum atomic E-state index is 5.86. The minimum Gasteiger partial charge on any atom is -0.383 e. The highest BCUT2D eigenvalue weighted by Crippen LogP contribution is 2.39. The zero-order valence-corrected chi connectivity index (χ0v) is 8.56. The summed E-state index contributed by atoms with van der Waals surface area (Å²) in [7, 11) is 0. The molecular weight excluding hydrogens is 180 g/mol. The quantitative estimate of drug-likeness (QED) is 0.684. The molecule has 0 spiro atoms. The van der Waals surface area contributed by atoms with Gasteiger partial charge in [0.05, 0.1) is 0 Å². The summed E-state index contributed by atoms with van der Waals surface area (Å²) in [5.74, 6) is 0.652. The predicted molar refractivity (Wildman–Crippen MR) is 57.1 cm³/mol. The molecule has 2 nitrogen and oxygen atoms in total. The van der Waals surface area contributed by atoms with E-state index >= 15 is 0 Å². The smallest absolute Gasteiger partial charge is 0.128 e. The lowest BCUT2D eigenvalue weighted by molar-refractivity contribution is 0.753. The van der Waals surface area contributed by atoms with Crippen LogP contribution in [0.3, 0.4) is 0 Å². The maximum absolute atomic E-state index is 5.86. The summed E-state index contributed by atoms with van der Waals surface area (Å²) in [5.41, 5.74) is 6.92. The second-order valence-electron chi connectivity index (χ2n) is 3.54. The van der Waals surface area contributed by atoms with Gasteiger partial charge in [0.2, 0.25) is 0 Å². The lowest BCUT2D eigenvalue weighted by atomic mass is 10.2. The van der Waals surface area contributed by atoms with Crippen LogP contribution in [0.25, 0.3) is 0 Å². The second-order valence-corrected chi connectivity index (χ2v) is 5.19. The minimum atomic E-state index is -0.127. The van der Waals surface area contributed by atoms with Crippen LogP contribution in [-0.2, 0) is 0 Å². The fourth-order valence-electron chi connectivity index (χ4n) is 1.41. The Morgan fingerprint density at radius 3 is 2.77 bits per heavy atom. The first-order valence-corrected chi connectivity index (χ1v) is 5.04. The zero-order chi connectivity index (χ0) is 9.47. The molecule has 0 radical (unpaired) electrons. The Bertz CT molecular complexity index is 369. The van der Waals surface area contributed by atoms with E-state index in [1.54, 1.807) is 11.8 Å². The summed E-state index contributed by atoms with van der Waals surface area (Å²) in [6.07, 6.45) is 0. The molecule has 0 unspecified atom stereocenters. The van der Waals surface area contributed by atoms with Crippen LogP contribution < -0.4 is 5.73 Å². The van der Waals surface area contributed by atoms with Gasteiger partial charge in [-0.15, -0.1) is 0 Å². The molecule has 0 bridgehead atoms. The van der Waals surface area contributed by atoms with Crippen molar-refractivity contribution in [3.8, 4) is 0 Å². The molecule has 0 saturated carbocycles. The van der Waals surface area contributed by atoms with Crippen molar-refractivity contribution in [3.63, 3.8) is 0 Å². The first kappa shape index (κ1) is 8.63.